The molecule has 0 aliphatic carbocycles. The van der Waals surface area contributed by atoms with Crippen LogP contribution in [0, 0.1) is 0 Å². The molecule has 3 amide bonds. The third kappa shape index (κ3) is 12.0. The van der Waals surface area contributed by atoms with Gasteiger partial charge in [-0.2, -0.15) is 24.4 Å². The fraction of sp³-hybridized carbons (Fsp3) is 0.706. The summed E-state index contributed by atoms with van der Waals surface area (Å²) in [7, 11) is 0. The SMILES string of the molecule is CSCCC(NC(=O)C(N)CO)C(=O)NC(CCCN=C(N)N)C(=O)NC(CS)C(=O)O. The molecule has 0 saturated heterocycles. The summed E-state index contributed by atoms with van der Waals surface area (Å²) in [4.78, 5) is 52.5. The maximum atomic E-state index is 12.8. The Labute approximate surface area is 196 Å². The Morgan fingerprint density at radius 2 is 1.53 bits per heavy atom. The number of hydrogen-bond donors (Lipinski definition) is 9. The Morgan fingerprint density at radius 1 is 1.00 bits per heavy atom. The third-order valence-corrected chi connectivity index (χ3v) is 5.16. The molecular weight excluding hydrogens is 462 g/mol. The summed E-state index contributed by atoms with van der Waals surface area (Å²) in [6.07, 6.45) is 2.48. The molecule has 0 aliphatic rings. The molecule has 11 N–H and O–H groups in total. The number of aliphatic carboxylic acids is 1. The molecule has 0 rings (SSSR count). The van der Waals surface area contributed by atoms with Gasteiger partial charge >= 0.3 is 5.97 Å². The van der Waals surface area contributed by atoms with Crippen molar-refractivity contribution in [3.05, 3.63) is 0 Å². The fourth-order valence-corrected chi connectivity index (χ4v) is 3.09. The number of nitrogens with two attached hydrogens (primary N) is 3. The van der Waals surface area contributed by atoms with Gasteiger partial charge < -0.3 is 43.4 Å². The van der Waals surface area contributed by atoms with Crippen molar-refractivity contribution in [3.63, 3.8) is 0 Å². The van der Waals surface area contributed by atoms with Crippen molar-refractivity contribution in [2.24, 2.45) is 22.2 Å². The van der Waals surface area contributed by atoms with Crippen molar-refractivity contribution in [2.45, 2.75) is 43.4 Å². The van der Waals surface area contributed by atoms with Gasteiger partial charge in [-0.25, -0.2) is 4.79 Å². The van der Waals surface area contributed by atoms with Gasteiger partial charge in [0.05, 0.1) is 6.61 Å². The fourth-order valence-electron chi connectivity index (χ4n) is 2.37. The maximum Gasteiger partial charge on any atom is 0.327 e. The zero-order valence-electron chi connectivity index (χ0n) is 17.8. The number of thioether (sulfide) groups is 1. The van der Waals surface area contributed by atoms with E-state index in [-0.39, 0.29) is 31.1 Å². The molecule has 0 aliphatic heterocycles. The van der Waals surface area contributed by atoms with E-state index in [2.05, 4.69) is 33.6 Å². The molecule has 0 aromatic rings. The summed E-state index contributed by atoms with van der Waals surface area (Å²) in [6, 6.07) is -4.58. The van der Waals surface area contributed by atoms with Gasteiger partial charge in [0, 0.05) is 12.3 Å². The molecule has 4 atom stereocenters. The largest absolute Gasteiger partial charge is 0.480 e. The lowest BCUT2D eigenvalue weighted by atomic mass is 10.1. The molecule has 184 valence electrons. The third-order valence-electron chi connectivity index (χ3n) is 4.15. The highest BCUT2D eigenvalue weighted by molar-refractivity contribution is 7.98. The van der Waals surface area contributed by atoms with E-state index in [1.807, 2.05) is 6.26 Å². The van der Waals surface area contributed by atoms with Crippen molar-refractivity contribution >= 4 is 54.0 Å². The molecule has 4 unspecified atom stereocenters. The zero-order valence-corrected chi connectivity index (χ0v) is 19.5. The molecular formula is C17H33N7O6S2. The molecule has 32 heavy (non-hydrogen) atoms. The van der Waals surface area contributed by atoms with Crippen LogP contribution in [0.1, 0.15) is 19.3 Å². The second kappa shape index (κ2) is 16.4. The average molecular weight is 496 g/mol. The Kier molecular flexibility index (Phi) is 15.3. The molecule has 0 saturated carbocycles. The van der Waals surface area contributed by atoms with E-state index < -0.39 is 54.5 Å². The summed E-state index contributed by atoms with van der Waals surface area (Å²) in [6.45, 7) is -0.409. The second-order valence-corrected chi connectivity index (χ2v) is 8.07. The van der Waals surface area contributed by atoms with E-state index in [9.17, 15) is 19.2 Å². The first-order chi connectivity index (χ1) is 15.1. The predicted octanol–water partition coefficient (Wildman–Crippen LogP) is -3.42. The molecule has 0 bridgehead atoms. The number of hydrogen-bond acceptors (Lipinski definition) is 9. The number of carboxylic acid groups (broad SMARTS) is 1. The number of rotatable bonds is 16. The molecule has 13 nitrogen and oxygen atoms in total. The number of carboxylic acids is 1. The predicted molar refractivity (Wildman–Crippen MR) is 125 cm³/mol. The normalized spacial score (nSPS) is 14.4. The molecule has 0 aromatic heterocycles. The first-order valence-electron chi connectivity index (χ1n) is 9.72. The van der Waals surface area contributed by atoms with Gasteiger partial charge in [-0.1, -0.05) is 0 Å². The highest BCUT2D eigenvalue weighted by Crippen LogP contribution is 2.05. The minimum Gasteiger partial charge on any atom is -0.480 e. The lowest BCUT2D eigenvalue weighted by Crippen LogP contribution is -2.57. The molecule has 0 radical (unpaired) electrons. The number of carbonyl (C=O) groups excluding carboxylic acids is 3. The van der Waals surface area contributed by atoms with Crippen molar-refractivity contribution in [3.8, 4) is 0 Å². The summed E-state index contributed by atoms with van der Waals surface area (Å²) < 4.78 is 0. The second-order valence-electron chi connectivity index (χ2n) is 6.72. The Bertz CT molecular complexity index is 663. The van der Waals surface area contributed by atoms with Crippen LogP contribution in [0.15, 0.2) is 4.99 Å². The lowest BCUT2D eigenvalue weighted by molar-refractivity contribution is -0.141. The summed E-state index contributed by atoms with van der Waals surface area (Å²) in [5.41, 5.74) is 16.0. The molecule has 0 heterocycles. The number of nitrogens with zero attached hydrogens (tertiary/aromatic N) is 1. The van der Waals surface area contributed by atoms with Gasteiger partial charge in [0.15, 0.2) is 5.96 Å². The summed E-state index contributed by atoms with van der Waals surface area (Å²) in [5.74, 6) is -3.14. The van der Waals surface area contributed by atoms with E-state index in [1.165, 1.54) is 11.8 Å². The van der Waals surface area contributed by atoms with Crippen LogP contribution in [0.5, 0.6) is 0 Å². The quantitative estimate of drug-likeness (QED) is 0.0445. The monoisotopic (exact) mass is 495 g/mol. The van der Waals surface area contributed by atoms with Gasteiger partial charge in [-0.3, -0.25) is 19.4 Å². The van der Waals surface area contributed by atoms with Crippen molar-refractivity contribution in [1.82, 2.24) is 16.0 Å². The number of carbonyl (C=O) groups is 4. The summed E-state index contributed by atoms with van der Waals surface area (Å²) >= 11 is 5.35. The Morgan fingerprint density at radius 3 is 2.00 bits per heavy atom. The smallest absolute Gasteiger partial charge is 0.327 e. The van der Waals surface area contributed by atoms with E-state index in [1.54, 1.807) is 0 Å². The van der Waals surface area contributed by atoms with Crippen molar-refractivity contribution in [2.75, 3.05) is 30.9 Å². The number of aliphatic hydroxyl groups excluding tert-OH is 1. The number of nitrogens with one attached hydrogen (secondary N) is 3. The minimum atomic E-state index is -1.28. The van der Waals surface area contributed by atoms with Gasteiger partial charge in [-0.15, -0.1) is 0 Å². The Balaban J connectivity index is 5.42. The molecule has 0 fully saturated rings. The molecule has 15 heteroatoms. The standard InChI is InChI=1S/C17H33N7O6S2/c1-32-6-4-11(22-13(26)9(18)7-25)15(28)23-10(3-2-5-21-17(19)20)14(27)24-12(8-31)16(29)30/h9-12,25,31H,2-8,18H2,1H3,(H,22,26)(H,23,28)(H,24,27)(H,29,30)(H4,19,20,21). The van der Waals surface area contributed by atoms with E-state index in [0.717, 1.165) is 0 Å². The van der Waals surface area contributed by atoms with E-state index in [4.69, 9.17) is 27.4 Å². The van der Waals surface area contributed by atoms with Crippen LogP contribution in [-0.4, -0.2) is 94.9 Å². The highest BCUT2D eigenvalue weighted by atomic mass is 32.2. The lowest BCUT2D eigenvalue weighted by Gasteiger charge is -2.24. The van der Waals surface area contributed by atoms with Crippen LogP contribution in [-0.2, 0) is 19.2 Å². The van der Waals surface area contributed by atoms with E-state index in [0.29, 0.717) is 12.2 Å². The van der Waals surface area contributed by atoms with Crippen molar-refractivity contribution < 1.29 is 29.4 Å². The minimum absolute atomic E-state index is 0.104. The molecule has 0 aromatic carbocycles. The Hall–Kier alpha value is -2.23. The summed E-state index contributed by atoms with van der Waals surface area (Å²) in [5, 5.41) is 25.5. The zero-order chi connectivity index (χ0) is 24.7. The first kappa shape index (κ1) is 29.8. The van der Waals surface area contributed by atoms with Crippen LogP contribution >= 0.6 is 24.4 Å². The van der Waals surface area contributed by atoms with Gasteiger partial charge in [0.2, 0.25) is 17.7 Å². The number of thiol groups is 1. The van der Waals surface area contributed by atoms with E-state index >= 15 is 0 Å². The van der Waals surface area contributed by atoms with Crippen LogP contribution in [0.4, 0.5) is 0 Å². The number of guanidine groups is 1. The highest BCUT2D eigenvalue weighted by Gasteiger charge is 2.29. The van der Waals surface area contributed by atoms with Gasteiger partial charge in [-0.05, 0) is 31.3 Å². The van der Waals surface area contributed by atoms with Crippen molar-refractivity contribution in [1.29, 1.82) is 0 Å². The topological polar surface area (TPSA) is 235 Å². The van der Waals surface area contributed by atoms with Gasteiger partial charge in [0.25, 0.3) is 0 Å². The first-order valence-corrected chi connectivity index (χ1v) is 11.8. The average Bonchev–Trinajstić information content (AvgIpc) is 2.75. The van der Waals surface area contributed by atoms with Crippen LogP contribution < -0.4 is 33.2 Å². The number of aliphatic hydroxyl groups is 1. The maximum absolute atomic E-state index is 12.8. The van der Waals surface area contributed by atoms with Crippen LogP contribution in [0.25, 0.3) is 0 Å². The van der Waals surface area contributed by atoms with Crippen LogP contribution in [0.2, 0.25) is 0 Å². The van der Waals surface area contributed by atoms with Gasteiger partial charge in [0.1, 0.15) is 24.2 Å². The van der Waals surface area contributed by atoms with Crippen LogP contribution in [0.3, 0.4) is 0 Å². The number of aliphatic imine (C=N–C) groups is 1. The molecule has 0 spiro atoms. The number of amides is 3.